The second kappa shape index (κ2) is 6.92. The topological polar surface area (TPSA) is 45.2 Å². The van der Waals surface area contributed by atoms with Gasteiger partial charge in [-0.25, -0.2) is 0 Å². The third kappa shape index (κ3) is 4.19. The number of anilines is 1. The predicted octanol–water partition coefficient (Wildman–Crippen LogP) is 3.56. The lowest BCUT2D eigenvalue weighted by atomic mass is 9.85. The number of aromatic nitrogens is 1. The molecule has 1 amide bonds. The Kier molecular flexibility index (Phi) is 5.21. The molecule has 4 nitrogen and oxygen atoms in total. The summed E-state index contributed by atoms with van der Waals surface area (Å²) in [5, 5.41) is 3.30. The van der Waals surface area contributed by atoms with Crippen LogP contribution in [0.5, 0.6) is 0 Å². The molecule has 1 saturated heterocycles. The lowest BCUT2D eigenvalue weighted by Crippen LogP contribution is -2.33. The molecule has 0 atom stereocenters. The maximum atomic E-state index is 12.8. The van der Waals surface area contributed by atoms with E-state index in [0.717, 1.165) is 50.1 Å². The molecule has 1 fully saturated rings. The molecule has 2 rings (SSSR count). The minimum Gasteiger partial charge on any atom is -0.383 e. The van der Waals surface area contributed by atoms with Crippen LogP contribution in [0.3, 0.4) is 0 Å². The first-order chi connectivity index (χ1) is 10.0. The van der Waals surface area contributed by atoms with Crippen LogP contribution in [-0.2, 0) is 0 Å². The Morgan fingerprint density at radius 3 is 2.95 bits per heavy atom. The molecule has 1 aliphatic heterocycles. The molecule has 0 saturated carbocycles. The van der Waals surface area contributed by atoms with E-state index in [-0.39, 0.29) is 5.91 Å². The van der Waals surface area contributed by atoms with Gasteiger partial charge in [0.25, 0.3) is 5.91 Å². The van der Waals surface area contributed by atoms with Crippen LogP contribution < -0.4 is 5.32 Å². The number of likely N-dealkylation sites (tertiary alicyclic amines) is 1. The fraction of sp³-hybridized carbons (Fsp3) is 0.647. The average molecular weight is 289 g/mol. The van der Waals surface area contributed by atoms with Crippen LogP contribution in [0.4, 0.5) is 5.69 Å². The van der Waals surface area contributed by atoms with Crippen molar-refractivity contribution >= 4 is 11.6 Å². The molecule has 0 bridgehead atoms. The van der Waals surface area contributed by atoms with Crippen LogP contribution >= 0.6 is 0 Å². The van der Waals surface area contributed by atoms with Gasteiger partial charge in [-0.15, -0.1) is 0 Å². The molecule has 0 spiro atoms. The van der Waals surface area contributed by atoms with Crippen molar-refractivity contribution in [2.45, 2.75) is 46.5 Å². The Balaban J connectivity index is 2.12. The van der Waals surface area contributed by atoms with Gasteiger partial charge in [0.1, 0.15) is 0 Å². The van der Waals surface area contributed by atoms with Gasteiger partial charge in [0.15, 0.2) is 0 Å². The van der Waals surface area contributed by atoms with Gasteiger partial charge >= 0.3 is 0 Å². The van der Waals surface area contributed by atoms with Crippen molar-refractivity contribution < 1.29 is 4.79 Å². The lowest BCUT2D eigenvalue weighted by molar-refractivity contribution is 0.0758. The van der Waals surface area contributed by atoms with Crippen molar-refractivity contribution in [3.8, 4) is 0 Å². The summed E-state index contributed by atoms with van der Waals surface area (Å²) >= 11 is 0. The van der Waals surface area contributed by atoms with Crippen molar-refractivity contribution in [3.05, 3.63) is 24.0 Å². The van der Waals surface area contributed by atoms with E-state index >= 15 is 0 Å². The minimum absolute atomic E-state index is 0.133. The molecule has 0 aromatic carbocycles. The van der Waals surface area contributed by atoms with E-state index < -0.39 is 0 Å². The summed E-state index contributed by atoms with van der Waals surface area (Å²) in [6.07, 6.45) is 7.83. The molecule has 2 heterocycles. The Morgan fingerprint density at radius 1 is 1.38 bits per heavy atom. The number of carbonyl (C=O) groups is 1. The summed E-state index contributed by atoms with van der Waals surface area (Å²) < 4.78 is 0. The minimum atomic E-state index is 0.133. The number of hydrogen-bond acceptors (Lipinski definition) is 3. The highest BCUT2D eigenvalue weighted by Crippen LogP contribution is 2.30. The van der Waals surface area contributed by atoms with Gasteiger partial charge in [-0.05, 0) is 37.2 Å². The van der Waals surface area contributed by atoms with Crippen molar-refractivity contribution in [3.63, 3.8) is 0 Å². The Hall–Kier alpha value is -1.58. The zero-order chi connectivity index (χ0) is 15.3. The van der Waals surface area contributed by atoms with E-state index in [1.807, 2.05) is 11.0 Å². The largest absolute Gasteiger partial charge is 0.383 e. The van der Waals surface area contributed by atoms with Crippen molar-refractivity contribution in [2.75, 3.05) is 25.0 Å². The lowest BCUT2D eigenvalue weighted by Gasteiger charge is -2.24. The first kappa shape index (κ1) is 15.8. The van der Waals surface area contributed by atoms with Crippen molar-refractivity contribution in [2.24, 2.45) is 5.41 Å². The standard InChI is InChI=1S/C17H27N3O/c1-4-9-19-15-13-18-10-6-14(15)16(21)20-11-5-7-17(2,3)8-12-20/h6,10,13,19H,4-5,7-9,11-12H2,1-3H3. The van der Waals surface area contributed by atoms with Crippen LogP contribution in [-0.4, -0.2) is 35.4 Å². The fourth-order valence-corrected chi connectivity index (χ4v) is 2.78. The van der Waals surface area contributed by atoms with Gasteiger partial charge in [0.2, 0.25) is 0 Å². The first-order valence-electron chi connectivity index (χ1n) is 8.01. The van der Waals surface area contributed by atoms with Gasteiger partial charge in [0.05, 0.1) is 17.4 Å². The summed E-state index contributed by atoms with van der Waals surface area (Å²) in [7, 11) is 0. The quantitative estimate of drug-likeness (QED) is 0.922. The maximum absolute atomic E-state index is 12.8. The Labute approximate surface area is 127 Å². The SMILES string of the molecule is CCCNc1cnccc1C(=O)N1CCCC(C)(C)CC1. The van der Waals surface area contributed by atoms with Gasteiger partial charge in [-0.2, -0.15) is 0 Å². The molecule has 4 heteroatoms. The number of pyridine rings is 1. The molecule has 0 unspecified atom stereocenters. The molecule has 116 valence electrons. The van der Waals surface area contributed by atoms with Gasteiger partial charge in [0, 0.05) is 25.8 Å². The number of carbonyl (C=O) groups excluding carboxylic acids is 1. The number of hydrogen-bond donors (Lipinski definition) is 1. The average Bonchev–Trinajstić information content (AvgIpc) is 2.65. The highest BCUT2D eigenvalue weighted by molar-refractivity contribution is 5.99. The smallest absolute Gasteiger partial charge is 0.256 e. The van der Waals surface area contributed by atoms with Crippen LogP contribution in [0.2, 0.25) is 0 Å². The molecular formula is C17H27N3O. The fourth-order valence-electron chi connectivity index (χ4n) is 2.78. The predicted molar refractivity (Wildman–Crippen MR) is 86.6 cm³/mol. The highest BCUT2D eigenvalue weighted by Gasteiger charge is 2.26. The Bertz CT molecular complexity index is 485. The Morgan fingerprint density at radius 2 is 2.19 bits per heavy atom. The normalized spacial score (nSPS) is 18.1. The van der Waals surface area contributed by atoms with E-state index in [4.69, 9.17) is 0 Å². The van der Waals surface area contributed by atoms with Crippen LogP contribution in [0.1, 0.15) is 56.8 Å². The summed E-state index contributed by atoms with van der Waals surface area (Å²) in [6.45, 7) is 9.27. The summed E-state index contributed by atoms with van der Waals surface area (Å²) in [6, 6.07) is 1.83. The summed E-state index contributed by atoms with van der Waals surface area (Å²) in [5.41, 5.74) is 1.95. The first-order valence-corrected chi connectivity index (χ1v) is 8.01. The van der Waals surface area contributed by atoms with Gasteiger partial charge < -0.3 is 10.2 Å². The molecule has 0 aliphatic carbocycles. The zero-order valence-electron chi connectivity index (χ0n) is 13.5. The van der Waals surface area contributed by atoms with E-state index in [9.17, 15) is 4.79 Å². The molecule has 1 aliphatic rings. The van der Waals surface area contributed by atoms with Crippen LogP contribution in [0.25, 0.3) is 0 Å². The van der Waals surface area contributed by atoms with Crippen molar-refractivity contribution in [1.82, 2.24) is 9.88 Å². The second-order valence-corrected chi connectivity index (χ2v) is 6.66. The third-order valence-corrected chi connectivity index (χ3v) is 4.24. The number of nitrogens with zero attached hydrogens (tertiary/aromatic N) is 2. The van der Waals surface area contributed by atoms with E-state index in [0.29, 0.717) is 5.41 Å². The molecule has 0 radical (unpaired) electrons. The molecular weight excluding hydrogens is 262 g/mol. The maximum Gasteiger partial charge on any atom is 0.256 e. The second-order valence-electron chi connectivity index (χ2n) is 6.66. The molecule has 1 N–H and O–H groups in total. The molecule has 21 heavy (non-hydrogen) atoms. The number of rotatable bonds is 4. The zero-order valence-corrected chi connectivity index (χ0v) is 13.5. The van der Waals surface area contributed by atoms with Crippen molar-refractivity contribution in [1.29, 1.82) is 0 Å². The summed E-state index contributed by atoms with van der Waals surface area (Å²) in [5.74, 6) is 0.133. The van der Waals surface area contributed by atoms with Crippen LogP contribution in [0.15, 0.2) is 18.5 Å². The van der Waals surface area contributed by atoms with E-state index in [1.165, 1.54) is 6.42 Å². The third-order valence-electron chi connectivity index (χ3n) is 4.24. The highest BCUT2D eigenvalue weighted by atomic mass is 16.2. The summed E-state index contributed by atoms with van der Waals surface area (Å²) in [4.78, 5) is 18.9. The number of amides is 1. The molecule has 1 aromatic heterocycles. The number of nitrogens with one attached hydrogen (secondary N) is 1. The van der Waals surface area contributed by atoms with E-state index in [2.05, 4.69) is 31.1 Å². The van der Waals surface area contributed by atoms with Gasteiger partial charge in [-0.3, -0.25) is 9.78 Å². The van der Waals surface area contributed by atoms with Gasteiger partial charge in [-0.1, -0.05) is 20.8 Å². The molecule has 1 aromatic rings. The van der Waals surface area contributed by atoms with E-state index in [1.54, 1.807) is 12.4 Å². The van der Waals surface area contributed by atoms with Crippen LogP contribution in [0, 0.1) is 5.41 Å². The monoisotopic (exact) mass is 289 g/mol.